The molecule has 0 spiro atoms. The summed E-state index contributed by atoms with van der Waals surface area (Å²) in [5.74, 6) is -1.23. The number of ether oxygens (including phenoxy) is 1. The highest BCUT2D eigenvalue weighted by atomic mass is 19.4. The summed E-state index contributed by atoms with van der Waals surface area (Å²) >= 11 is 0. The fraction of sp³-hybridized carbons (Fsp3) is 0.375. The number of hydrogen-bond donors (Lipinski definition) is 2. The van der Waals surface area contributed by atoms with Crippen LogP contribution < -0.4 is 15.4 Å². The Morgan fingerprint density at radius 2 is 1.74 bits per heavy atom. The van der Waals surface area contributed by atoms with Crippen LogP contribution in [0.5, 0.6) is 5.75 Å². The van der Waals surface area contributed by atoms with Gasteiger partial charge in [-0.05, 0) is 25.5 Å². The van der Waals surface area contributed by atoms with E-state index >= 15 is 0 Å². The van der Waals surface area contributed by atoms with E-state index < -0.39 is 24.0 Å². The number of alkyl halides is 6. The van der Waals surface area contributed by atoms with Gasteiger partial charge in [0, 0.05) is 12.1 Å². The number of nitrogens with zero attached hydrogens (tertiary/aromatic N) is 2. The van der Waals surface area contributed by atoms with Crippen LogP contribution in [0, 0.1) is 0 Å². The van der Waals surface area contributed by atoms with Crippen molar-refractivity contribution in [3.63, 3.8) is 0 Å². The Hall–Kier alpha value is -2.72. The highest BCUT2D eigenvalue weighted by Crippen LogP contribution is 2.34. The van der Waals surface area contributed by atoms with Gasteiger partial charge in [-0.3, -0.25) is 0 Å². The molecular formula is C16H16F6N4O. The van der Waals surface area contributed by atoms with Gasteiger partial charge in [-0.2, -0.15) is 18.2 Å². The van der Waals surface area contributed by atoms with Gasteiger partial charge in [-0.1, -0.05) is 19.1 Å². The van der Waals surface area contributed by atoms with Crippen LogP contribution in [0.1, 0.15) is 26.0 Å². The second-order valence-electron chi connectivity index (χ2n) is 5.58. The molecule has 2 rings (SSSR count). The van der Waals surface area contributed by atoms with Gasteiger partial charge in [0.05, 0.1) is 5.69 Å². The van der Waals surface area contributed by atoms with Gasteiger partial charge in [-0.15, -0.1) is 13.2 Å². The molecule has 0 saturated carbocycles. The summed E-state index contributed by atoms with van der Waals surface area (Å²) in [7, 11) is 0. The van der Waals surface area contributed by atoms with Crippen molar-refractivity contribution in [2.45, 2.75) is 38.8 Å². The van der Waals surface area contributed by atoms with Crippen molar-refractivity contribution in [3.8, 4) is 5.75 Å². The molecule has 148 valence electrons. The predicted octanol–water partition coefficient (Wildman–Crippen LogP) is 5.35. The van der Waals surface area contributed by atoms with Crippen molar-refractivity contribution >= 4 is 17.5 Å². The summed E-state index contributed by atoms with van der Waals surface area (Å²) in [6.45, 7) is 3.54. The minimum absolute atomic E-state index is 0.198. The number of nitrogens with one attached hydrogen (secondary N) is 2. The Balaban J connectivity index is 2.39. The minimum Gasteiger partial charge on any atom is -0.404 e. The number of halogens is 6. The van der Waals surface area contributed by atoms with Crippen LogP contribution in [0.4, 0.5) is 43.8 Å². The standard InChI is InChI=1S/C16H16F6N4O/c1-3-9(2)23-14-25-12(15(17,18)19)8-13(26-14)24-10-6-4-5-7-11(10)27-16(20,21)22/h4-9H,3H2,1-2H3,(H2,23,24,25,26)/t9-/m0/s1. The zero-order valence-electron chi connectivity index (χ0n) is 14.2. The zero-order valence-corrected chi connectivity index (χ0v) is 14.2. The van der Waals surface area contributed by atoms with Crippen LogP contribution in [-0.4, -0.2) is 22.4 Å². The first-order chi connectivity index (χ1) is 12.5. The molecule has 2 aromatic rings. The molecule has 27 heavy (non-hydrogen) atoms. The first kappa shape index (κ1) is 20.6. The Morgan fingerprint density at radius 3 is 2.33 bits per heavy atom. The molecule has 0 amide bonds. The van der Waals surface area contributed by atoms with Crippen molar-refractivity contribution in [1.82, 2.24) is 9.97 Å². The number of rotatable bonds is 6. The summed E-state index contributed by atoms with van der Waals surface area (Å²) in [5, 5.41) is 5.13. The van der Waals surface area contributed by atoms with E-state index in [0.29, 0.717) is 12.5 Å². The molecule has 0 aliphatic rings. The van der Waals surface area contributed by atoms with Gasteiger partial charge in [0.1, 0.15) is 5.82 Å². The van der Waals surface area contributed by atoms with Crippen molar-refractivity contribution in [2.75, 3.05) is 10.6 Å². The van der Waals surface area contributed by atoms with E-state index in [1.807, 2.05) is 6.92 Å². The quantitative estimate of drug-likeness (QED) is 0.647. The Kier molecular flexibility index (Phi) is 6.01. The van der Waals surface area contributed by atoms with E-state index in [2.05, 4.69) is 25.3 Å². The number of anilines is 3. The van der Waals surface area contributed by atoms with Crippen molar-refractivity contribution < 1.29 is 31.1 Å². The molecule has 1 heterocycles. The van der Waals surface area contributed by atoms with Crippen LogP contribution in [-0.2, 0) is 6.18 Å². The smallest absolute Gasteiger partial charge is 0.404 e. The molecule has 0 bridgehead atoms. The average Bonchev–Trinajstić information content (AvgIpc) is 2.54. The topological polar surface area (TPSA) is 59.1 Å². The molecule has 1 aromatic heterocycles. The third-order valence-corrected chi connectivity index (χ3v) is 3.38. The Labute approximate surface area is 150 Å². The highest BCUT2D eigenvalue weighted by Gasteiger charge is 2.34. The SMILES string of the molecule is CC[C@H](C)Nc1nc(Nc2ccccc2OC(F)(F)F)cc(C(F)(F)F)n1. The predicted molar refractivity (Wildman–Crippen MR) is 86.8 cm³/mol. The second kappa shape index (κ2) is 7.89. The molecule has 5 nitrogen and oxygen atoms in total. The molecule has 0 aliphatic carbocycles. The Bertz CT molecular complexity index is 778. The van der Waals surface area contributed by atoms with Crippen LogP contribution in [0.25, 0.3) is 0 Å². The third-order valence-electron chi connectivity index (χ3n) is 3.38. The van der Waals surface area contributed by atoms with Gasteiger partial charge < -0.3 is 15.4 Å². The number of benzene rings is 1. The summed E-state index contributed by atoms with van der Waals surface area (Å²) in [6.07, 6.45) is -9.11. The summed E-state index contributed by atoms with van der Waals surface area (Å²) in [4.78, 5) is 7.32. The van der Waals surface area contributed by atoms with Crippen LogP contribution in [0.2, 0.25) is 0 Å². The lowest BCUT2D eigenvalue weighted by atomic mass is 10.2. The number of para-hydroxylation sites is 2. The third kappa shape index (κ3) is 6.19. The van der Waals surface area contributed by atoms with Gasteiger partial charge in [-0.25, -0.2) is 4.98 Å². The van der Waals surface area contributed by atoms with E-state index in [1.54, 1.807) is 6.92 Å². The van der Waals surface area contributed by atoms with Crippen molar-refractivity contribution in [1.29, 1.82) is 0 Å². The molecular weight excluding hydrogens is 378 g/mol. The van der Waals surface area contributed by atoms with Crippen LogP contribution in [0.15, 0.2) is 30.3 Å². The van der Waals surface area contributed by atoms with Gasteiger partial charge in [0.25, 0.3) is 0 Å². The summed E-state index contributed by atoms with van der Waals surface area (Å²) < 4.78 is 80.6. The lowest BCUT2D eigenvalue weighted by Crippen LogP contribution is -2.19. The molecule has 1 aromatic carbocycles. The molecule has 0 radical (unpaired) electrons. The fourth-order valence-electron chi connectivity index (χ4n) is 1.97. The van der Waals surface area contributed by atoms with E-state index in [1.165, 1.54) is 18.2 Å². The fourth-order valence-corrected chi connectivity index (χ4v) is 1.97. The summed E-state index contributed by atoms with van der Waals surface area (Å²) in [5.41, 5.74) is -1.43. The zero-order chi connectivity index (χ0) is 20.2. The van der Waals surface area contributed by atoms with Crippen LogP contribution >= 0.6 is 0 Å². The Morgan fingerprint density at radius 1 is 1.07 bits per heavy atom. The normalized spacial score (nSPS) is 13.2. The highest BCUT2D eigenvalue weighted by molar-refractivity contribution is 5.65. The lowest BCUT2D eigenvalue weighted by molar-refractivity contribution is -0.274. The van der Waals surface area contributed by atoms with E-state index in [-0.39, 0.29) is 23.5 Å². The van der Waals surface area contributed by atoms with E-state index in [0.717, 1.165) is 6.07 Å². The largest absolute Gasteiger partial charge is 0.573 e. The maximum Gasteiger partial charge on any atom is 0.573 e. The second-order valence-corrected chi connectivity index (χ2v) is 5.58. The first-order valence-corrected chi connectivity index (χ1v) is 7.82. The molecule has 2 N–H and O–H groups in total. The van der Waals surface area contributed by atoms with Crippen molar-refractivity contribution in [3.05, 3.63) is 36.0 Å². The monoisotopic (exact) mass is 394 g/mol. The molecule has 11 heteroatoms. The number of hydrogen-bond acceptors (Lipinski definition) is 5. The van der Waals surface area contributed by atoms with Gasteiger partial charge >= 0.3 is 12.5 Å². The van der Waals surface area contributed by atoms with Gasteiger partial charge in [0.15, 0.2) is 11.4 Å². The maximum atomic E-state index is 13.1. The van der Waals surface area contributed by atoms with Crippen molar-refractivity contribution in [2.24, 2.45) is 0 Å². The molecule has 0 unspecified atom stereocenters. The lowest BCUT2D eigenvalue weighted by Gasteiger charge is -2.17. The molecule has 0 saturated heterocycles. The first-order valence-electron chi connectivity index (χ1n) is 7.82. The van der Waals surface area contributed by atoms with Gasteiger partial charge in [0.2, 0.25) is 5.95 Å². The van der Waals surface area contributed by atoms with E-state index in [9.17, 15) is 26.3 Å². The molecule has 0 aliphatic heterocycles. The average molecular weight is 394 g/mol. The maximum absolute atomic E-state index is 13.1. The minimum atomic E-state index is -4.95. The van der Waals surface area contributed by atoms with Crippen LogP contribution in [0.3, 0.4) is 0 Å². The number of aromatic nitrogens is 2. The molecule has 0 fully saturated rings. The molecule has 1 atom stereocenters. The summed E-state index contributed by atoms with van der Waals surface area (Å²) in [6, 6.07) is 5.34. The van der Waals surface area contributed by atoms with E-state index in [4.69, 9.17) is 0 Å².